The Morgan fingerprint density at radius 3 is 2.75 bits per heavy atom. The van der Waals surface area contributed by atoms with E-state index in [2.05, 4.69) is 17.1 Å². The molecule has 28 heavy (non-hydrogen) atoms. The van der Waals surface area contributed by atoms with Crippen LogP contribution in [0.15, 0.2) is 0 Å². The molecular formula is C22H32N4OS. The molecule has 1 saturated carbocycles. The third kappa shape index (κ3) is 3.91. The molecule has 152 valence electrons. The number of hydrogen-bond donors (Lipinski definition) is 1. The van der Waals surface area contributed by atoms with Crippen LogP contribution in [0.5, 0.6) is 0 Å². The number of aryl methyl sites for hydroxylation is 1. The Morgan fingerprint density at radius 1 is 1.11 bits per heavy atom. The topological polar surface area (TPSA) is 50.3 Å². The second-order valence-corrected chi connectivity index (χ2v) is 9.97. The summed E-state index contributed by atoms with van der Waals surface area (Å²) in [6, 6.07) is 0.571. The molecule has 1 aliphatic heterocycles. The van der Waals surface area contributed by atoms with Gasteiger partial charge in [0.15, 0.2) is 0 Å². The zero-order chi connectivity index (χ0) is 18.9. The first kappa shape index (κ1) is 18.8. The first-order valence-corrected chi connectivity index (χ1v) is 12.0. The van der Waals surface area contributed by atoms with Gasteiger partial charge in [0.05, 0.1) is 25.1 Å². The molecule has 0 bridgehead atoms. The van der Waals surface area contributed by atoms with Gasteiger partial charge in [0.2, 0.25) is 0 Å². The smallest absolute Gasteiger partial charge is 0.146 e. The van der Waals surface area contributed by atoms with E-state index in [1.807, 2.05) is 11.3 Å². The summed E-state index contributed by atoms with van der Waals surface area (Å²) in [5.41, 5.74) is 1.54. The molecule has 5 rings (SSSR count). The minimum atomic E-state index is 0.571. The molecule has 6 heteroatoms. The Hall–Kier alpha value is -1.24. The number of thiophene rings is 1. The molecule has 0 amide bonds. The highest BCUT2D eigenvalue weighted by Crippen LogP contribution is 2.40. The van der Waals surface area contributed by atoms with Crippen LogP contribution in [-0.4, -0.2) is 47.2 Å². The van der Waals surface area contributed by atoms with Crippen molar-refractivity contribution in [3.63, 3.8) is 0 Å². The van der Waals surface area contributed by atoms with Gasteiger partial charge in [-0.2, -0.15) is 0 Å². The number of ether oxygens (including phenoxy) is 1. The number of nitrogens with zero attached hydrogens (tertiary/aromatic N) is 3. The van der Waals surface area contributed by atoms with Crippen molar-refractivity contribution in [3.05, 3.63) is 16.3 Å². The van der Waals surface area contributed by atoms with Crippen LogP contribution in [0.4, 0.5) is 5.82 Å². The van der Waals surface area contributed by atoms with Crippen LogP contribution in [0.25, 0.3) is 10.2 Å². The quantitative estimate of drug-likeness (QED) is 0.825. The molecule has 1 N–H and O–H groups in total. The molecule has 3 heterocycles. The first-order valence-electron chi connectivity index (χ1n) is 11.1. The van der Waals surface area contributed by atoms with Crippen LogP contribution in [0.2, 0.25) is 0 Å². The van der Waals surface area contributed by atoms with E-state index in [-0.39, 0.29) is 0 Å². The van der Waals surface area contributed by atoms with Crippen molar-refractivity contribution in [2.24, 2.45) is 5.92 Å². The average Bonchev–Trinajstić information content (AvgIpc) is 3.07. The van der Waals surface area contributed by atoms with E-state index < -0.39 is 0 Å². The van der Waals surface area contributed by atoms with Crippen LogP contribution < -0.4 is 5.32 Å². The van der Waals surface area contributed by atoms with Crippen LogP contribution in [0.3, 0.4) is 0 Å². The molecular weight excluding hydrogens is 368 g/mol. The molecule has 2 aromatic rings. The standard InChI is InChI=1S/C22H32N4OS/c1-15-7-8-17-18(13-15)28-22-20(17)21(23-16-5-3-2-4-6-16)24-19(25-22)14-26-9-11-27-12-10-26/h15-16H,2-14H2,1H3,(H,23,24,25)/t15-/m1/s1. The maximum atomic E-state index is 5.50. The number of morpholine rings is 1. The predicted molar refractivity (Wildman–Crippen MR) is 115 cm³/mol. The van der Waals surface area contributed by atoms with Crippen LogP contribution in [0.1, 0.15) is 61.7 Å². The monoisotopic (exact) mass is 400 g/mol. The van der Waals surface area contributed by atoms with Gasteiger partial charge in [-0.25, -0.2) is 9.97 Å². The molecule has 0 radical (unpaired) electrons. The van der Waals surface area contributed by atoms with Gasteiger partial charge in [0.1, 0.15) is 16.5 Å². The van der Waals surface area contributed by atoms with Gasteiger partial charge < -0.3 is 10.1 Å². The Bertz CT molecular complexity index is 824. The van der Waals surface area contributed by atoms with Gasteiger partial charge in [0, 0.05) is 24.0 Å². The first-order chi connectivity index (χ1) is 13.8. The fraction of sp³-hybridized carbons (Fsp3) is 0.727. The molecule has 0 spiro atoms. The predicted octanol–water partition coefficient (Wildman–Crippen LogP) is 4.39. The van der Waals surface area contributed by atoms with E-state index in [4.69, 9.17) is 14.7 Å². The maximum Gasteiger partial charge on any atom is 0.146 e. The van der Waals surface area contributed by atoms with Gasteiger partial charge >= 0.3 is 0 Å². The van der Waals surface area contributed by atoms with Crippen molar-refractivity contribution >= 4 is 27.4 Å². The number of nitrogens with one attached hydrogen (secondary N) is 1. The van der Waals surface area contributed by atoms with Crippen LogP contribution in [0, 0.1) is 5.92 Å². The molecule has 2 aromatic heterocycles. The average molecular weight is 401 g/mol. The Kier molecular flexibility index (Phi) is 5.53. The van der Waals surface area contributed by atoms with E-state index in [0.29, 0.717) is 6.04 Å². The zero-order valence-corrected chi connectivity index (χ0v) is 17.8. The van der Waals surface area contributed by atoms with Crippen LogP contribution >= 0.6 is 11.3 Å². The summed E-state index contributed by atoms with van der Waals surface area (Å²) in [7, 11) is 0. The number of aromatic nitrogens is 2. The summed E-state index contributed by atoms with van der Waals surface area (Å²) in [5, 5.41) is 5.20. The van der Waals surface area contributed by atoms with Gasteiger partial charge in [0.25, 0.3) is 0 Å². The van der Waals surface area contributed by atoms with E-state index >= 15 is 0 Å². The van der Waals surface area contributed by atoms with E-state index in [9.17, 15) is 0 Å². The Morgan fingerprint density at radius 2 is 1.93 bits per heavy atom. The number of fused-ring (bicyclic) bond motifs is 3. The van der Waals surface area contributed by atoms with Gasteiger partial charge in [-0.05, 0) is 43.6 Å². The highest BCUT2D eigenvalue weighted by molar-refractivity contribution is 7.19. The summed E-state index contributed by atoms with van der Waals surface area (Å²) < 4.78 is 5.50. The third-order valence-electron chi connectivity index (χ3n) is 6.62. The number of hydrogen-bond acceptors (Lipinski definition) is 6. The minimum absolute atomic E-state index is 0.571. The molecule has 3 aliphatic rings. The lowest BCUT2D eigenvalue weighted by Gasteiger charge is -2.27. The van der Waals surface area contributed by atoms with E-state index in [0.717, 1.165) is 50.4 Å². The summed E-state index contributed by atoms with van der Waals surface area (Å²) >= 11 is 1.92. The molecule has 1 atom stereocenters. The lowest BCUT2D eigenvalue weighted by atomic mass is 9.89. The lowest BCUT2D eigenvalue weighted by molar-refractivity contribution is 0.0331. The van der Waals surface area contributed by atoms with Gasteiger partial charge in [-0.15, -0.1) is 11.3 Å². The summed E-state index contributed by atoms with van der Waals surface area (Å²) in [4.78, 5) is 15.3. The summed E-state index contributed by atoms with van der Waals surface area (Å²) in [5.74, 6) is 2.88. The maximum absolute atomic E-state index is 5.50. The van der Waals surface area contributed by atoms with Crippen molar-refractivity contribution in [2.45, 2.75) is 70.9 Å². The van der Waals surface area contributed by atoms with Crippen molar-refractivity contribution in [3.8, 4) is 0 Å². The summed E-state index contributed by atoms with van der Waals surface area (Å²) in [6.07, 6.45) is 10.3. The number of anilines is 1. The molecule has 5 nitrogen and oxygen atoms in total. The Labute approximate surface area is 171 Å². The fourth-order valence-corrected chi connectivity index (χ4v) is 6.36. The van der Waals surface area contributed by atoms with E-state index in [1.54, 1.807) is 4.88 Å². The van der Waals surface area contributed by atoms with E-state index in [1.165, 1.54) is 67.1 Å². The fourth-order valence-electron chi connectivity index (χ4n) is 4.96. The largest absolute Gasteiger partial charge is 0.379 e. The van der Waals surface area contributed by atoms with Crippen molar-refractivity contribution in [2.75, 3.05) is 31.6 Å². The Balaban J connectivity index is 1.50. The highest BCUT2D eigenvalue weighted by atomic mass is 32.1. The molecule has 0 unspecified atom stereocenters. The van der Waals surface area contributed by atoms with Crippen LogP contribution in [-0.2, 0) is 24.1 Å². The second-order valence-electron chi connectivity index (χ2n) is 8.89. The lowest BCUT2D eigenvalue weighted by Crippen LogP contribution is -2.36. The SMILES string of the molecule is C[C@@H]1CCc2c(sc3nc(CN4CCOCC4)nc(NC4CCCCC4)c23)C1. The third-order valence-corrected chi connectivity index (χ3v) is 7.76. The molecule has 1 saturated heterocycles. The van der Waals surface area contributed by atoms with Crippen molar-refractivity contribution < 1.29 is 4.74 Å². The normalized spacial score (nSPS) is 24.4. The molecule has 2 fully saturated rings. The molecule has 0 aromatic carbocycles. The number of rotatable bonds is 4. The van der Waals surface area contributed by atoms with Gasteiger partial charge in [-0.1, -0.05) is 26.2 Å². The van der Waals surface area contributed by atoms with Gasteiger partial charge in [-0.3, -0.25) is 4.90 Å². The van der Waals surface area contributed by atoms with Crippen molar-refractivity contribution in [1.82, 2.24) is 14.9 Å². The summed E-state index contributed by atoms with van der Waals surface area (Å²) in [6.45, 7) is 6.80. The molecule has 2 aliphatic carbocycles. The minimum Gasteiger partial charge on any atom is -0.379 e. The van der Waals surface area contributed by atoms with Crippen molar-refractivity contribution in [1.29, 1.82) is 0 Å². The highest BCUT2D eigenvalue weighted by Gasteiger charge is 2.26. The second kappa shape index (κ2) is 8.25. The zero-order valence-electron chi connectivity index (χ0n) is 17.0.